The minimum Gasteiger partial charge on any atom is -0.323 e. The molecule has 4 atom stereocenters. The van der Waals surface area contributed by atoms with Crippen LogP contribution < -0.4 is 0 Å². The molecule has 0 saturated carbocycles. The molecule has 3 aliphatic heterocycles. The summed E-state index contributed by atoms with van der Waals surface area (Å²) in [6.07, 6.45) is 1.22. The van der Waals surface area contributed by atoms with E-state index in [1.165, 1.54) is 49.2 Å². The van der Waals surface area contributed by atoms with Gasteiger partial charge in [-0.25, -0.2) is 0 Å². The van der Waals surface area contributed by atoms with Gasteiger partial charge in [-0.3, -0.25) is 4.90 Å². The number of fused-ring (bicyclic) bond motifs is 4. The average molecular weight is 245 g/mol. The number of benzene rings is 1. The largest absolute Gasteiger partial charge is 0.323 e. The maximum absolute atomic E-state index is 2.74. The van der Waals surface area contributed by atoms with Gasteiger partial charge in [-0.1, -0.05) is 37.3 Å². The molecule has 0 radical (unpaired) electrons. The molecule has 0 aromatic heterocycles. The van der Waals surface area contributed by atoms with E-state index in [2.05, 4.69) is 49.2 Å². The van der Waals surface area contributed by atoms with E-state index in [0.717, 1.165) is 12.0 Å². The van der Waals surface area contributed by atoms with Crippen molar-refractivity contribution in [3.63, 3.8) is 0 Å². The monoisotopic (exact) mass is 245 g/mol. The number of quaternary nitrogens is 1. The molecule has 1 aromatic carbocycles. The van der Waals surface area contributed by atoms with Crippen LogP contribution in [0.4, 0.5) is 0 Å². The Bertz CT molecular complexity index is 403. The first-order valence-corrected chi connectivity index (χ1v) is 7.26. The predicted molar refractivity (Wildman–Crippen MR) is 75.5 cm³/mol. The third kappa shape index (κ3) is 2.45. The fourth-order valence-corrected chi connectivity index (χ4v) is 3.96. The fraction of sp³-hybridized carbons (Fsp3) is 0.625. The normalized spacial score (nSPS) is 39.6. The number of piperazine rings is 1. The Balaban J connectivity index is 1.77. The van der Waals surface area contributed by atoms with E-state index in [1.54, 1.807) is 0 Å². The number of rotatable bonds is 2. The molecule has 1 aromatic rings. The number of nitrogens with zero attached hydrogens (tertiary/aromatic N) is 2. The summed E-state index contributed by atoms with van der Waals surface area (Å²) < 4.78 is 1.29. The van der Waals surface area contributed by atoms with Crippen LogP contribution in [0.5, 0.6) is 0 Å². The first kappa shape index (κ1) is 12.2. The summed E-state index contributed by atoms with van der Waals surface area (Å²) in [5, 5.41) is 0. The Kier molecular flexibility index (Phi) is 3.16. The Morgan fingerprint density at radius 2 is 2.00 bits per heavy atom. The molecule has 4 rings (SSSR count). The zero-order valence-electron chi connectivity index (χ0n) is 11.7. The standard InChI is InChI=1S/C16H25N2/c1-14-11-17-8-9-18(2,12-14)13-16(17)10-15-6-4-3-5-7-15/h3-7,14,16H,8-13H2,1-2H3/q+1. The summed E-state index contributed by atoms with van der Waals surface area (Å²) in [7, 11) is 2.46. The summed E-state index contributed by atoms with van der Waals surface area (Å²) in [5.74, 6) is 0.846. The van der Waals surface area contributed by atoms with E-state index in [1.807, 2.05) is 0 Å². The van der Waals surface area contributed by atoms with Gasteiger partial charge >= 0.3 is 0 Å². The predicted octanol–water partition coefficient (Wildman–Crippen LogP) is 2.01. The van der Waals surface area contributed by atoms with Crippen LogP contribution in [0.3, 0.4) is 0 Å². The van der Waals surface area contributed by atoms with Crippen molar-refractivity contribution in [1.29, 1.82) is 0 Å². The highest BCUT2D eigenvalue weighted by molar-refractivity contribution is 5.16. The Morgan fingerprint density at radius 3 is 2.78 bits per heavy atom. The van der Waals surface area contributed by atoms with E-state index in [9.17, 15) is 0 Å². The van der Waals surface area contributed by atoms with Gasteiger partial charge in [0.15, 0.2) is 0 Å². The lowest BCUT2D eigenvalue weighted by molar-refractivity contribution is -0.915. The maximum atomic E-state index is 2.74. The van der Waals surface area contributed by atoms with E-state index in [-0.39, 0.29) is 0 Å². The molecular weight excluding hydrogens is 220 g/mol. The molecule has 98 valence electrons. The van der Waals surface area contributed by atoms with Gasteiger partial charge in [0.25, 0.3) is 0 Å². The molecule has 4 unspecified atom stereocenters. The van der Waals surface area contributed by atoms with Crippen molar-refractivity contribution in [2.75, 3.05) is 39.8 Å². The molecular formula is C16H25N2+. The van der Waals surface area contributed by atoms with Crippen LogP contribution in [-0.4, -0.2) is 55.2 Å². The molecule has 0 N–H and O–H groups in total. The molecule has 3 fully saturated rings. The highest BCUT2D eigenvalue weighted by atomic mass is 15.4. The Labute approximate surface area is 111 Å². The van der Waals surface area contributed by atoms with Crippen molar-refractivity contribution in [2.45, 2.75) is 19.4 Å². The quantitative estimate of drug-likeness (QED) is 0.721. The van der Waals surface area contributed by atoms with Gasteiger partial charge in [0.2, 0.25) is 0 Å². The second kappa shape index (κ2) is 4.67. The van der Waals surface area contributed by atoms with E-state index in [0.29, 0.717) is 0 Å². The molecule has 2 nitrogen and oxygen atoms in total. The summed E-state index contributed by atoms with van der Waals surface area (Å²) in [4.78, 5) is 2.74. The van der Waals surface area contributed by atoms with Gasteiger partial charge < -0.3 is 4.48 Å². The summed E-state index contributed by atoms with van der Waals surface area (Å²) in [6, 6.07) is 11.7. The Hall–Kier alpha value is -0.860. The van der Waals surface area contributed by atoms with Gasteiger partial charge in [-0.2, -0.15) is 0 Å². The maximum Gasteiger partial charge on any atom is 0.0946 e. The van der Waals surface area contributed by atoms with Crippen molar-refractivity contribution < 1.29 is 4.48 Å². The lowest BCUT2D eigenvalue weighted by atomic mass is 10.0. The molecule has 2 bridgehead atoms. The SMILES string of the molecule is CC1CN2CC[N+](C)(C1)CC2Cc1ccccc1. The van der Waals surface area contributed by atoms with Crippen molar-refractivity contribution >= 4 is 0 Å². The molecule has 2 heteroatoms. The zero-order chi connectivity index (χ0) is 12.6. The zero-order valence-corrected chi connectivity index (χ0v) is 11.7. The van der Waals surface area contributed by atoms with Gasteiger partial charge in [-0.15, -0.1) is 0 Å². The van der Waals surface area contributed by atoms with Crippen molar-refractivity contribution in [3.05, 3.63) is 35.9 Å². The van der Waals surface area contributed by atoms with E-state index in [4.69, 9.17) is 0 Å². The number of hydrogen-bond donors (Lipinski definition) is 0. The smallest absolute Gasteiger partial charge is 0.0946 e. The van der Waals surface area contributed by atoms with Crippen molar-refractivity contribution in [3.8, 4) is 0 Å². The van der Waals surface area contributed by atoms with Crippen LogP contribution in [-0.2, 0) is 6.42 Å². The third-order valence-electron chi connectivity index (χ3n) is 4.71. The molecule has 3 saturated heterocycles. The topological polar surface area (TPSA) is 3.24 Å². The lowest BCUT2D eigenvalue weighted by Crippen LogP contribution is -2.59. The van der Waals surface area contributed by atoms with Crippen molar-refractivity contribution in [1.82, 2.24) is 4.90 Å². The van der Waals surface area contributed by atoms with Crippen LogP contribution in [0.15, 0.2) is 30.3 Å². The third-order valence-corrected chi connectivity index (χ3v) is 4.71. The average Bonchev–Trinajstić information content (AvgIpc) is 2.55. The molecule has 18 heavy (non-hydrogen) atoms. The first-order valence-electron chi connectivity index (χ1n) is 7.26. The van der Waals surface area contributed by atoms with E-state index >= 15 is 0 Å². The van der Waals surface area contributed by atoms with Gasteiger partial charge in [0.1, 0.15) is 0 Å². The lowest BCUT2D eigenvalue weighted by Gasteiger charge is -2.43. The van der Waals surface area contributed by atoms with Gasteiger partial charge in [0.05, 0.1) is 32.7 Å². The summed E-state index contributed by atoms with van der Waals surface area (Å²) in [6.45, 7) is 9.04. The number of hydrogen-bond acceptors (Lipinski definition) is 1. The minimum absolute atomic E-state index is 0.746. The van der Waals surface area contributed by atoms with Crippen LogP contribution in [0.2, 0.25) is 0 Å². The van der Waals surface area contributed by atoms with Crippen LogP contribution in [0, 0.1) is 5.92 Å². The molecule has 3 aliphatic rings. The summed E-state index contributed by atoms with van der Waals surface area (Å²) in [5.41, 5.74) is 1.50. The fourth-order valence-electron chi connectivity index (χ4n) is 3.96. The second-order valence-electron chi connectivity index (χ2n) is 6.65. The molecule has 0 amide bonds. The number of likely N-dealkylation sites (N-methyl/N-ethyl adjacent to an activating group) is 1. The Morgan fingerprint density at radius 1 is 1.22 bits per heavy atom. The summed E-state index contributed by atoms with van der Waals surface area (Å²) >= 11 is 0. The van der Waals surface area contributed by atoms with Gasteiger partial charge in [-0.05, 0) is 12.0 Å². The molecule has 3 heterocycles. The molecule has 0 aliphatic carbocycles. The van der Waals surface area contributed by atoms with Gasteiger partial charge in [0, 0.05) is 19.0 Å². The van der Waals surface area contributed by atoms with E-state index < -0.39 is 0 Å². The first-order chi connectivity index (χ1) is 8.65. The minimum atomic E-state index is 0.746. The van der Waals surface area contributed by atoms with Crippen LogP contribution >= 0.6 is 0 Å². The second-order valence-corrected chi connectivity index (χ2v) is 6.65. The van der Waals surface area contributed by atoms with Crippen LogP contribution in [0.1, 0.15) is 12.5 Å². The highest BCUT2D eigenvalue weighted by Gasteiger charge is 2.41. The van der Waals surface area contributed by atoms with Crippen LogP contribution in [0.25, 0.3) is 0 Å². The highest BCUT2D eigenvalue weighted by Crippen LogP contribution is 2.26. The molecule has 0 spiro atoms. The van der Waals surface area contributed by atoms with Crippen molar-refractivity contribution in [2.24, 2.45) is 5.92 Å².